The van der Waals surface area contributed by atoms with Crippen LogP contribution in [-0.4, -0.2) is 42.3 Å². The number of nitrogens with zero attached hydrogens (tertiary/aromatic N) is 3. The lowest BCUT2D eigenvalue weighted by molar-refractivity contribution is 0.157. The molecule has 2 rings (SSSR count). The highest BCUT2D eigenvalue weighted by Crippen LogP contribution is 2.45. The standard InChI is InChI=1S/C10H14N5O5P/c1-5(9(20-2)21(17,18)19)3-15-4-12-6-7(15)13-10(11)14-8(6)16/h4,9H,1,3H2,2H3,(H2,17,18,19)(H3,11,13,14,16). The molecule has 0 saturated carbocycles. The predicted molar refractivity (Wildman–Crippen MR) is 74.5 cm³/mol. The SMILES string of the molecule is C=C(Cn1cnc2c(=O)[nH]c(N)nc21)C(OC)P(=O)(O)O. The van der Waals surface area contributed by atoms with Crippen molar-refractivity contribution in [1.29, 1.82) is 0 Å². The van der Waals surface area contributed by atoms with Gasteiger partial charge in [0.25, 0.3) is 5.56 Å². The topological polar surface area (TPSA) is 156 Å². The van der Waals surface area contributed by atoms with Crippen molar-refractivity contribution >= 4 is 24.7 Å². The van der Waals surface area contributed by atoms with Crippen molar-refractivity contribution in [2.45, 2.75) is 12.4 Å². The molecule has 0 saturated heterocycles. The Morgan fingerprint density at radius 2 is 2.33 bits per heavy atom. The number of anilines is 1. The first-order chi connectivity index (χ1) is 9.74. The summed E-state index contributed by atoms with van der Waals surface area (Å²) in [4.78, 5) is 40.1. The molecule has 0 aliphatic rings. The average molecular weight is 315 g/mol. The van der Waals surface area contributed by atoms with Crippen molar-refractivity contribution in [1.82, 2.24) is 19.5 Å². The molecule has 0 aromatic carbocycles. The molecular formula is C10H14N5O5P. The van der Waals surface area contributed by atoms with Gasteiger partial charge in [-0.3, -0.25) is 14.3 Å². The van der Waals surface area contributed by atoms with Crippen molar-refractivity contribution in [2.24, 2.45) is 0 Å². The Balaban J connectivity index is 2.38. The number of hydrogen-bond acceptors (Lipinski definition) is 6. The molecule has 0 aliphatic carbocycles. The van der Waals surface area contributed by atoms with Gasteiger partial charge in [-0.2, -0.15) is 4.98 Å². The molecule has 0 spiro atoms. The number of methoxy groups -OCH3 is 1. The third-order valence-corrected chi connectivity index (χ3v) is 3.93. The number of nitrogens with two attached hydrogens (primary N) is 1. The Morgan fingerprint density at radius 3 is 2.90 bits per heavy atom. The number of aromatic amines is 1. The number of aromatic nitrogens is 4. The van der Waals surface area contributed by atoms with E-state index in [2.05, 4.69) is 21.5 Å². The number of imidazole rings is 1. The third-order valence-electron chi connectivity index (χ3n) is 2.74. The van der Waals surface area contributed by atoms with Gasteiger partial charge in [0.1, 0.15) is 0 Å². The van der Waals surface area contributed by atoms with Gasteiger partial charge in [-0.25, -0.2) is 4.98 Å². The highest BCUT2D eigenvalue weighted by Gasteiger charge is 2.31. The fraction of sp³-hybridized carbons (Fsp3) is 0.300. The Morgan fingerprint density at radius 1 is 1.67 bits per heavy atom. The van der Waals surface area contributed by atoms with E-state index in [4.69, 9.17) is 10.5 Å². The summed E-state index contributed by atoms with van der Waals surface area (Å²) in [5, 5.41) is 0. The van der Waals surface area contributed by atoms with E-state index < -0.39 is 19.0 Å². The maximum Gasteiger partial charge on any atom is 0.358 e. The third kappa shape index (κ3) is 3.03. The molecule has 2 heterocycles. The first-order valence-corrected chi connectivity index (χ1v) is 7.38. The van der Waals surface area contributed by atoms with Crippen molar-refractivity contribution in [2.75, 3.05) is 12.8 Å². The molecule has 5 N–H and O–H groups in total. The minimum absolute atomic E-state index is 0.0317. The van der Waals surface area contributed by atoms with Crippen LogP contribution in [0.25, 0.3) is 11.2 Å². The second kappa shape index (κ2) is 5.41. The van der Waals surface area contributed by atoms with Gasteiger partial charge in [-0.15, -0.1) is 0 Å². The lowest BCUT2D eigenvalue weighted by Crippen LogP contribution is -2.18. The van der Waals surface area contributed by atoms with Crippen LogP contribution in [0.5, 0.6) is 0 Å². The molecule has 10 nitrogen and oxygen atoms in total. The lowest BCUT2D eigenvalue weighted by atomic mass is 10.3. The molecule has 1 atom stereocenters. The van der Waals surface area contributed by atoms with Crippen molar-refractivity contribution in [3.63, 3.8) is 0 Å². The Kier molecular flexibility index (Phi) is 3.97. The van der Waals surface area contributed by atoms with Gasteiger partial charge >= 0.3 is 7.60 Å². The van der Waals surface area contributed by atoms with E-state index in [-0.39, 0.29) is 29.2 Å². The van der Waals surface area contributed by atoms with Crippen LogP contribution in [0.15, 0.2) is 23.3 Å². The largest absolute Gasteiger partial charge is 0.369 e. The van der Waals surface area contributed by atoms with Gasteiger partial charge in [0.05, 0.1) is 6.33 Å². The fourth-order valence-electron chi connectivity index (χ4n) is 1.93. The Hall–Kier alpha value is -2.00. The summed E-state index contributed by atoms with van der Waals surface area (Å²) >= 11 is 0. The van der Waals surface area contributed by atoms with Gasteiger partial charge in [0.15, 0.2) is 17.0 Å². The van der Waals surface area contributed by atoms with Crippen LogP contribution in [0.2, 0.25) is 0 Å². The molecule has 11 heteroatoms. The number of H-pyrrole nitrogens is 1. The van der Waals surface area contributed by atoms with E-state index in [1.807, 2.05) is 0 Å². The quantitative estimate of drug-likeness (QED) is 0.421. The van der Waals surface area contributed by atoms with Crippen LogP contribution < -0.4 is 11.3 Å². The van der Waals surface area contributed by atoms with Crippen LogP contribution in [0.3, 0.4) is 0 Å². The van der Waals surface area contributed by atoms with Crippen molar-refractivity contribution < 1.29 is 19.1 Å². The first kappa shape index (κ1) is 15.4. The zero-order valence-electron chi connectivity index (χ0n) is 11.1. The fourth-order valence-corrected chi connectivity index (χ4v) is 2.76. The number of nitrogen functional groups attached to an aromatic ring is 1. The molecule has 0 aliphatic heterocycles. The number of hydrogen-bond donors (Lipinski definition) is 4. The van der Waals surface area contributed by atoms with Crippen LogP contribution in [0, 0.1) is 0 Å². The first-order valence-electron chi connectivity index (χ1n) is 5.70. The van der Waals surface area contributed by atoms with E-state index in [9.17, 15) is 19.1 Å². The average Bonchev–Trinajstić information content (AvgIpc) is 2.71. The van der Waals surface area contributed by atoms with E-state index in [1.165, 1.54) is 18.0 Å². The summed E-state index contributed by atoms with van der Waals surface area (Å²) in [6, 6.07) is 0. The highest BCUT2D eigenvalue weighted by molar-refractivity contribution is 7.52. The molecule has 21 heavy (non-hydrogen) atoms. The zero-order valence-corrected chi connectivity index (χ0v) is 11.9. The minimum Gasteiger partial charge on any atom is -0.369 e. The Labute approximate surface area is 118 Å². The summed E-state index contributed by atoms with van der Waals surface area (Å²) in [6.45, 7) is 3.58. The molecule has 1 unspecified atom stereocenters. The normalized spacial score (nSPS) is 13.5. The number of ether oxygens (including phenoxy) is 1. The second-order valence-corrected chi connectivity index (χ2v) is 5.98. The van der Waals surface area contributed by atoms with Crippen LogP contribution in [0.4, 0.5) is 5.95 Å². The molecule has 2 aromatic rings. The van der Waals surface area contributed by atoms with E-state index in [1.54, 1.807) is 0 Å². The zero-order chi connectivity index (χ0) is 15.8. The van der Waals surface area contributed by atoms with Gasteiger partial charge in [0, 0.05) is 13.7 Å². The van der Waals surface area contributed by atoms with Gasteiger partial charge in [-0.1, -0.05) is 6.58 Å². The molecule has 0 amide bonds. The van der Waals surface area contributed by atoms with Crippen molar-refractivity contribution in [3.8, 4) is 0 Å². The van der Waals surface area contributed by atoms with Gasteiger partial charge in [0.2, 0.25) is 5.95 Å². The molecule has 114 valence electrons. The van der Waals surface area contributed by atoms with Crippen molar-refractivity contribution in [3.05, 3.63) is 28.8 Å². The molecule has 0 bridgehead atoms. The molecule has 0 radical (unpaired) electrons. The van der Waals surface area contributed by atoms with Crippen LogP contribution >= 0.6 is 7.60 Å². The highest BCUT2D eigenvalue weighted by atomic mass is 31.2. The number of nitrogens with one attached hydrogen (secondary N) is 1. The summed E-state index contributed by atoms with van der Waals surface area (Å²) in [5.41, 5.74) is 5.34. The second-order valence-electron chi connectivity index (χ2n) is 4.33. The summed E-state index contributed by atoms with van der Waals surface area (Å²) < 4.78 is 17.5. The van der Waals surface area contributed by atoms with Gasteiger partial charge in [-0.05, 0) is 5.57 Å². The molecular weight excluding hydrogens is 301 g/mol. The monoisotopic (exact) mass is 315 g/mol. The van der Waals surface area contributed by atoms with E-state index >= 15 is 0 Å². The summed E-state index contributed by atoms with van der Waals surface area (Å²) in [5.74, 6) is -1.53. The molecule has 0 fully saturated rings. The van der Waals surface area contributed by atoms with Gasteiger partial charge < -0.3 is 24.8 Å². The summed E-state index contributed by atoms with van der Waals surface area (Å²) in [6.07, 6.45) is 1.31. The lowest BCUT2D eigenvalue weighted by Gasteiger charge is -2.19. The van der Waals surface area contributed by atoms with E-state index in [0.29, 0.717) is 0 Å². The number of rotatable bonds is 5. The maximum absolute atomic E-state index is 11.6. The molecule has 2 aromatic heterocycles. The summed E-state index contributed by atoms with van der Waals surface area (Å²) in [7, 11) is -3.33. The minimum atomic E-state index is -4.50. The van der Waals surface area contributed by atoms with E-state index in [0.717, 1.165) is 0 Å². The smallest absolute Gasteiger partial charge is 0.358 e. The Bertz CT molecular complexity index is 791. The maximum atomic E-state index is 11.6. The van der Waals surface area contributed by atoms with Crippen LogP contribution in [0.1, 0.15) is 0 Å². The predicted octanol–water partition coefficient (Wildman–Crippen LogP) is -0.592. The van der Waals surface area contributed by atoms with Crippen LogP contribution in [-0.2, 0) is 15.8 Å². The number of fused-ring (bicyclic) bond motifs is 1.